The highest BCUT2D eigenvalue weighted by atomic mass is 32.2. The van der Waals surface area contributed by atoms with E-state index in [2.05, 4.69) is 12.2 Å². The molecule has 0 radical (unpaired) electrons. The lowest BCUT2D eigenvalue weighted by molar-refractivity contribution is 0.0156. The van der Waals surface area contributed by atoms with E-state index in [1.165, 1.54) is 19.1 Å². The number of hydrogen-bond acceptors (Lipinski definition) is 4. The number of benzene rings is 1. The summed E-state index contributed by atoms with van der Waals surface area (Å²) in [5.41, 5.74) is 1.09. The first kappa shape index (κ1) is 15.5. The molecule has 0 bridgehead atoms. The van der Waals surface area contributed by atoms with Crippen molar-refractivity contribution in [1.82, 2.24) is 5.32 Å². The first-order chi connectivity index (χ1) is 9.47. The van der Waals surface area contributed by atoms with Crippen molar-refractivity contribution >= 4 is 9.84 Å². The van der Waals surface area contributed by atoms with Gasteiger partial charge in [0.25, 0.3) is 0 Å². The van der Waals surface area contributed by atoms with Crippen LogP contribution in [0.4, 0.5) is 0 Å². The van der Waals surface area contributed by atoms with Crippen molar-refractivity contribution in [3.05, 3.63) is 29.8 Å². The molecule has 2 atom stereocenters. The van der Waals surface area contributed by atoms with E-state index in [4.69, 9.17) is 4.74 Å². The smallest absolute Gasteiger partial charge is 0.175 e. The van der Waals surface area contributed by atoms with Crippen LogP contribution in [0, 0.1) is 0 Å². The van der Waals surface area contributed by atoms with Crippen LogP contribution in [0.5, 0.6) is 0 Å². The fourth-order valence-electron chi connectivity index (χ4n) is 2.40. The topological polar surface area (TPSA) is 55.4 Å². The van der Waals surface area contributed by atoms with Gasteiger partial charge in [0, 0.05) is 25.4 Å². The molecule has 1 heterocycles. The molecule has 1 aromatic carbocycles. The van der Waals surface area contributed by atoms with Gasteiger partial charge in [-0.3, -0.25) is 0 Å². The standard InChI is InChI=1S/C15H23NO3S/c1-12(16-11-14-5-3-4-10-19-14)13-6-8-15(9-7-13)20(2,17)18/h6-9,12,14,16H,3-5,10-11H2,1-2H3. The van der Waals surface area contributed by atoms with Gasteiger partial charge in [0.15, 0.2) is 9.84 Å². The van der Waals surface area contributed by atoms with Crippen LogP contribution in [0.1, 0.15) is 37.8 Å². The molecule has 112 valence electrons. The predicted molar refractivity (Wildman–Crippen MR) is 79.6 cm³/mol. The summed E-state index contributed by atoms with van der Waals surface area (Å²) in [6.45, 7) is 3.79. The predicted octanol–water partition coefficient (Wildman–Crippen LogP) is 2.31. The minimum Gasteiger partial charge on any atom is -0.377 e. The van der Waals surface area contributed by atoms with Crippen molar-refractivity contribution in [3.63, 3.8) is 0 Å². The van der Waals surface area contributed by atoms with Crippen molar-refractivity contribution in [2.24, 2.45) is 0 Å². The Bertz CT molecular complexity index is 519. The lowest BCUT2D eigenvalue weighted by Gasteiger charge is -2.25. The lowest BCUT2D eigenvalue weighted by atomic mass is 10.1. The Morgan fingerprint density at radius 3 is 2.55 bits per heavy atom. The van der Waals surface area contributed by atoms with Crippen LogP contribution in [0.15, 0.2) is 29.2 Å². The Balaban J connectivity index is 1.90. The first-order valence-electron chi connectivity index (χ1n) is 7.12. The van der Waals surface area contributed by atoms with E-state index in [1.807, 2.05) is 12.1 Å². The number of sulfone groups is 1. The number of hydrogen-bond donors (Lipinski definition) is 1. The summed E-state index contributed by atoms with van der Waals surface area (Å²) in [6, 6.07) is 7.26. The quantitative estimate of drug-likeness (QED) is 0.906. The molecule has 0 spiro atoms. The molecule has 1 aliphatic rings. The van der Waals surface area contributed by atoms with Crippen LogP contribution in [0.25, 0.3) is 0 Å². The Kier molecular flexibility index (Phi) is 5.18. The summed E-state index contributed by atoms with van der Waals surface area (Å²) in [7, 11) is -3.12. The van der Waals surface area contributed by atoms with Gasteiger partial charge in [0.1, 0.15) is 0 Å². The van der Waals surface area contributed by atoms with Crippen molar-refractivity contribution in [3.8, 4) is 0 Å². The SMILES string of the molecule is CC(NCC1CCCCO1)c1ccc(S(C)(=O)=O)cc1. The third-order valence-corrected chi connectivity index (χ3v) is 4.86. The van der Waals surface area contributed by atoms with Gasteiger partial charge in [-0.1, -0.05) is 12.1 Å². The average Bonchev–Trinajstić information content (AvgIpc) is 2.45. The molecular weight excluding hydrogens is 274 g/mol. The van der Waals surface area contributed by atoms with Crippen molar-refractivity contribution in [1.29, 1.82) is 0 Å². The second kappa shape index (κ2) is 6.70. The molecule has 1 aliphatic heterocycles. The van der Waals surface area contributed by atoms with E-state index in [9.17, 15) is 8.42 Å². The Labute approximate surface area is 121 Å². The van der Waals surface area contributed by atoms with Gasteiger partial charge < -0.3 is 10.1 Å². The van der Waals surface area contributed by atoms with Crippen LogP contribution in [0.3, 0.4) is 0 Å². The zero-order valence-corrected chi connectivity index (χ0v) is 12.9. The van der Waals surface area contributed by atoms with Gasteiger partial charge in [-0.15, -0.1) is 0 Å². The summed E-state index contributed by atoms with van der Waals surface area (Å²) in [6.07, 6.45) is 5.06. The highest BCUT2D eigenvalue weighted by molar-refractivity contribution is 7.90. The molecule has 2 rings (SSSR count). The average molecular weight is 297 g/mol. The van der Waals surface area contributed by atoms with Gasteiger partial charge in [-0.05, 0) is 43.9 Å². The van der Waals surface area contributed by atoms with Crippen molar-refractivity contribution in [2.45, 2.75) is 43.2 Å². The maximum absolute atomic E-state index is 11.4. The molecular formula is C15H23NO3S. The van der Waals surface area contributed by atoms with Crippen LogP contribution in [-0.4, -0.2) is 33.9 Å². The fraction of sp³-hybridized carbons (Fsp3) is 0.600. The maximum Gasteiger partial charge on any atom is 0.175 e. The number of nitrogens with one attached hydrogen (secondary N) is 1. The molecule has 0 aromatic heterocycles. The van der Waals surface area contributed by atoms with Gasteiger partial charge in [-0.2, -0.15) is 0 Å². The molecule has 20 heavy (non-hydrogen) atoms. The molecule has 2 unspecified atom stereocenters. The van der Waals surface area contributed by atoms with Gasteiger partial charge in [0.05, 0.1) is 11.0 Å². The van der Waals surface area contributed by atoms with E-state index >= 15 is 0 Å². The van der Waals surface area contributed by atoms with Gasteiger partial charge in [0.2, 0.25) is 0 Å². The van der Waals surface area contributed by atoms with Crippen molar-refractivity contribution in [2.75, 3.05) is 19.4 Å². The van der Waals surface area contributed by atoms with Crippen LogP contribution >= 0.6 is 0 Å². The van der Waals surface area contributed by atoms with E-state index in [0.717, 1.165) is 25.1 Å². The normalized spacial score (nSPS) is 21.6. The van der Waals surface area contributed by atoms with Gasteiger partial charge in [-0.25, -0.2) is 8.42 Å². The van der Waals surface area contributed by atoms with E-state index < -0.39 is 9.84 Å². The third kappa shape index (κ3) is 4.30. The summed E-state index contributed by atoms with van der Waals surface area (Å²) >= 11 is 0. The maximum atomic E-state index is 11.4. The number of rotatable bonds is 5. The zero-order chi connectivity index (χ0) is 14.6. The second-order valence-electron chi connectivity index (χ2n) is 5.46. The lowest BCUT2D eigenvalue weighted by Crippen LogP contribution is -2.33. The molecule has 0 amide bonds. The monoisotopic (exact) mass is 297 g/mol. The largest absolute Gasteiger partial charge is 0.377 e. The highest BCUT2D eigenvalue weighted by Crippen LogP contribution is 2.17. The Morgan fingerprint density at radius 1 is 1.30 bits per heavy atom. The third-order valence-electron chi connectivity index (χ3n) is 3.73. The van der Waals surface area contributed by atoms with Crippen molar-refractivity contribution < 1.29 is 13.2 Å². The summed E-state index contributed by atoms with van der Waals surface area (Å²) in [5.74, 6) is 0. The summed E-state index contributed by atoms with van der Waals surface area (Å²) in [4.78, 5) is 0.365. The molecule has 1 saturated heterocycles. The highest BCUT2D eigenvalue weighted by Gasteiger charge is 2.15. The van der Waals surface area contributed by atoms with Crippen LogP contribution in [0.2, 0.25) is 0 Å². The van der Waals surface area contributed by atoms with E-state index in [-0.39, 0.29) is 6.04 Å². The van der Waals surface area contributed by atoms with Gasteiger partial charge >= 0.3 is 0 Å². The van der Waals surface area contributed by atoms with Crippen LogP contribution < -0.4 is 5.32 Å². The zero-order valence-electron chi connectivity index (χ0n) is 12.1. The summed E-state index contributed by atoms with van der Waals surface area (Å²) < 4.78 is 28.5. The summed E-state index contributed by atoms with van der Waals surface area (Å²) in [5, 5.41) is 3.45. The second-order valence-corrected chi connectivity index (χ2v) is 7.48. The molecule has 1 aromatic rings. The molecule has 1 N–H and O–H groups in total. The minimum atomic E-state index is -3.12. The molecule has 4 nitrogen and oxygen atoms in total. The fourth-order valence-corrected chi connectivity index (χ4v) is 3.03. The van der Waals surface area contributed by atoms with E-state index in [1.54, 1.807) is 12.1 Å². The van der Waals surface area contributed by atoms with E-state index in [0.29, 0.717) is 11.0 Å². The molecule has 0 aliphatic carbocycles. The molecule has 1 fully saturated rings. The Morgan fingerprint density at radius 2 is 2.00 bits per heavy atom. The molecule has 5 heteroatoms. The first-order valence-corrected chi connectivity index (χ1v) is 9.01. The Hall–Kier alpha value is -0.910. The molecule has 0 saturated carbocycles. The van der Waals surface area contributed by atoms with Crippen LogP contribution in [-0.2, 0) is 14.6 Å². The minimum absolute atomic E-state index is 0.189. The number of ether oxygens (including phenoxy) is 1.